The molecule has 0 aliphatic heterocycles. The van der Waals surface area contributed by atoms with Gasteiger partial charge < -0.3 is 15.6 Å². The molecule has 0 saturated heterocycles. The van der Waals surface area contributed by atoms with Gasteiger partial charge in [-0.25, -0.2) is 24.1 Å². The molecule has 0 aliphatic carbocycles. The zero-order valence-electron chi connectivity index (χ0n) is 16.1. The van der Waals surface area contributed by atoms with Crippen LogP contribution in [0, 0.1) is 0 Å². The van der Waals surface area contributed by atoms with Crippen molar-refractivity contribution < 1.29 is 4.79 Å². The van der Waals surface area contributed by atoms with Crippen LogP contribution in [0.3, 0.4) is 0 Å². The summed E-state index contributed by atoms with van der Waals surface area (Å²) in [5.41, 5.74) is 0.000828. The predicted octanol–water partition coefficient (Wildman–Crippen LogP) is 2.55. The van der Waals surface area contributed by atoms with Gasteiger partial charge in [0.2, 0.25) is 0 Å². The molecule has 12 heteroatoms. The van der Waals surface area contributed by atoms with Gasteiger partial charge in [0.1, 0.15) is 0 Å². The summed E-state index contributed by atoms with van der Waals surface area (Å²) in [6, 6.07) is 8.11. The van der Waals surface area contributed by atoms with Gasteiger partial charge in [0, 0.05) is 17.6 Å². The molecule has 3 aromatic heterocycles. The molecule has 0 fully saturated rings. The molecule has 0 bridgehead atoms. The van der Waals surface area contributed by atoms with E-state index in [4.69, 9.17) is 11.6 Å². The fraction of sp³-hybridized carbons (Fsp3) is 0.105. The van der Waals surface area contributed by atoms with E-state index in [-0.39, 0.29) is 11.6 Å². The van der Waals surface area contributed by atoms with E-state index in [0.29, 0.717) is 21.8 Å². The van der Waals surface area contributed by atoms with Crippen LogP contribution in [0.1, 0.15) is 4.88 Å². The third kappa shape index (κ3) is 4.42. The number of H-pyrrole nitrogens is 1. The van der Waals surface area contributed by atoms with Crippen molar-refractivity contribution in [3.63, 3.8) is 0 Å². The van der Waals surface area contributed by atoms with Crippen LogP contribution in [0.25, 0.3) is 16.7 Å². The number of halogens is 1. The van der Waals surface area contributed by atoms with Crippen LogP contribution in [0.4, 0.5) is 16.3 Å². The summed E-state index contributed by atoms with van der Waals surface area (Å²) in [5.74, 6) is 0.194. The monoisotopic (exact) mass is 457 g/mol. The number of nitrogens with zero attached hydrogens (tertiary/aromatic N) is 3. The van der Waals surface area contributed by atoms with Crippen LogP contribution in [-0.2, 0) is 6.54 Å². The van der Waals surface area contributed by atoms with Gasteiger partial charge in [-0.05, 0) is 30.3 Å². The fourth-order valence-corrected chi connectivity index (χ4v) is 3.88. The zero-order chi connectivity index (χ0) is 22.0. The normalized spacial score (nSPS) is 10.8. The van der Waals surface area contributed by atoms with Crippen molar-refractivity contribution in [2.45, 2.75) is 6.54 Å². The number of hydrogen-bond acceptors (Lipinski definition) is 7. The van der Waals surface area contributed by atoms with Crippen molar-refractivity contribution >= 4 is 51.4 Å². The summed E-state index contributed by atoms with van der Waals surface area (Å²) in [7, 11) is 1.74. The summed E-state index contributed by atoms with van der Waals surface area (Å²) in [5, 5.41) is 8.49. The molecule has 0 atom stereocenters. The molecule has 31 heavy (non-hydrogen) atoms. The molecule has 2 amide bonds. The number of rotatable bonds is 5. The predicted molar refractivity (Wildman–Crippen MR) is 120 cm³/mol. The number of thiophene rings is 1. The molecule has 3 heterocycles. The molecule has 1 aromatic carbocycles. The lowest BCUT2D eigenvalue weighted by Gasteiger charge is -2.08. The summed E-state index contributed by atoms with van der Waals surface area (Å²) in [6.07, 6.45) is 2.50. The highest BCUT2D eigenvalue weighted by atomic mass is 35.5. The van der Waals surface area contributed by atoms with E-state index in [0.717, 1.165) is 15.1 Å². The van der Waals surface area contributed by atoms with E-state index in [1.54, 1.807) is 31.3 Å². The van der Waals surface area contributed by atoms with Gasteiger partial charge in [-0.3, -0.25) is 10.1 Å². The average molecular weight is 458 g/mol. The number of urea groups is 1. The maximum absolute atomic E-state index is 12.8. The molecule has 0 spiro atoms. The van der Waals surface area contributed by atoms with Gasteiger partial charge in [0.05, 0.1) is 34.2 Å². The summed E-state index contributed by atoms with van der Waals surface area (Å²) in [6.45, 7) is 0.311. The van der Waals surface area contributed by atoms with Crippen molar-refractivity contribution in [2.24, 2.45) is 0 Å². The molecule has 0 radical (unpaired) electrons. The Kier molecular flexibility index (Phi) is 5.69. The maximum atomic E-state index is 12.8. The quantitative estimate of drug-likeness (QED) is 0.364. The highest BCUT2D eigenvalue weighted by Gasteiger charge is 2.12. The molecule has 0 unspecified atom stereocenters. The Bertz CT molecular complexity index is 1380. The van der Waals surface area contributed by atoms with Crippen molar-refractivity contribution in [1.82, 2.24) is 24.8 Å². The van der Waals surface area contributed by atoms with E-state index in [9.17, 15) is 14.4 Å². The summed E-state index contributed by atoms with van der Waals surface area (Å²) < 4.78 is 1.53. The first kappa shape index (κ1) is 20.6. The molecular weight excluding hydrogens is 442 g/mol. The van der Waals surface area contributed by atoms with Gasteiger partial charge >= 0.3 is 11.7 Å². The van der Waals surface area contributed by atoms with Gasteiger partial charge in [-0.15, -0.1) is 11.3 Å². The first-order valence-corrected chi connectivity index (χ1v) is 10.2. The largest absolute Gasteiger partial charge is 0.388 e. The van der Waals surface area contributed by atoms with Crippen molar-refractivity contribution in [3.05, 3.63) is 72.8 Å². The van der Waals surface area contributed by atoms with E-state index >= 15 is 0 Å². The lowest BCUT2D eigenvalue weighted by Crippen LogP contribution is -2.34. The summed E-state index contributed by atoms with van der Waals surface area (Å²) >= 11 is 7.23. The van der Waals surface area contributed by atoms with Crippen LogP contribution in [0.2, 0.25) is 4.34 Å². The molecule has 4 aromatic rings. The molecule has 10 nitrogen and oxygen atoms in total. The Morgan fingerprint density at radius 1 is 1.19 bits per heavy atom. The van der Waals surface area contributed by atoms with Crippen LogP contribution in [0.15, 0.2) is 52.3 Å². The van der Waals surface area contributed by atoms with E-state index in [1.807, 2.05) is 6.07 Å². The summed E-state index contributed by atoms with van der Waals surface area (Å²) in [4.78, 5) is 49.0. The van der Waals surface area contributed by atoms with E-state index in [1.165, 1.54) is 23.7 Å². The minimum atomic E-state index is -0.645. The molecule has 0 saturated carbocycles. The van der Waals surface area contributed by atoms with Gasteiger partial charge in [-0.2, -0.15) is 0 Å². The van der Waals surface area contributed by atoms with Crippen LogP contribution >= 0.6 is 22.9 Å². The number of carbonyl (C=O) groups is 1. The van der Waals surface area contributed by atoms with E-state index in [2.05, 4.69) is 30.9 Å². The average Bonchev–Trinajstić information content (AvgIpc) is 3.18. The van der Waals surface area contributed by atoms with Gasteiger partial charge in [-0.1, -0.05) is 11.6 Å². The lowest BCUT2D eigenvalue weighted by atomic mass is 10.2. The first-order valence-electron chi connectivity index (χ1n) is 9.03. The molecule has 4 rings (SSSR count). The number of anilines is 2. The Morgan fingerprint density at radius 2 is 2.03 bits per heavy atom. The highest BCUT2D eigenvalue weighted by Crippen LogP contribution is 2.21. The zero-order valence-corrected chi connectivity index (χ0v) is 17.7. The number of carbonyl (C=O) groups excluding carboxylic acids is 1. The fourth-order valence-electron chi connectivity index (χ4n) is 2.86. The highest BCUT2D eigenvalue weighted by molar-refractivity contribution is 7.16. The van der Waals surface area contributed by atoms with Crippen molar-refractivity contribution in [2.75, 3.05) is 17.7 Å². The maximum Gasteiger partial charge on any atom is 0.334 e. The number of amides is 2. The second-order valence-electron chi connectivity index (χ2n) is 6.35. The number of aromatic amines is 1. The molecule has 158 valence electrons. The third-order valence-corrected chi connectivity index (χ3v) is 5.58. The SMILES string of the molecule is CNc1ccc2c(=O)n(-c3cnc(NC(=O)NCc4ccc(Cl)s4)cn3)c(=O)[nH]c2c1. The Labute approximate surface area is 183 Å². The van der Waals surface area contributed by atoms with Gasteiger partial charge in [0.15, 0.2) is 11.6 Å². The minimum absolute atomic E-state index is 0.0324. The number of fused-ring (bicyclic) bond motifs is 1. The van der Waals surface area contributed by atoms with Crippen molar-refractivity contribution in [3.8, 4) is 5.82 Å². The number of nitrogens with one attached hydrogen (secondary N) is 4. The Balaban J connectivity index is 1.52. The van der Waals surface area contributed by atoms with Gasteiger partial charge in [0.25, 0.3) is 5.56 Å². The van der Waals surface area contributed by atoms with E-state index < -0.39 is 17.3 Å². The second kappa shape index (κ2) is 8.58. The minimum Gasteiger partial charge on any atom is -0.388 e. The Hall–Kier alpha value is -3.70. The Morgan fingerprint density at radius 3 is 2.71 bits per heavy atom. The van der Waals surface area contributed by atoms with Crippen LogP contribution in [0.5, 0.6) is 0 Å². The standard InChI is InChI=1S/C19H16ClN7O3S/c1-21-10-2-4-12-13(6-10)25-19(30)27(17(12)28)16-9-22-15(8-23-16)26-18(29)24-7-11-3-5-14(20)31-11/h2-6,8-9,21H,7H2,1H3,(H,25,30)(H2,22,24,26,29). The lowest BCUT2D eigenvalue weighted by molar-refractivity contribution is 0.251. The smallest absolute Gasteiger partial charge is 0.334 e. The van der Waals surface area contributed by atoms with Crippen LogP contribution in [-0.4, -0.2) is 32.6 Å². The first-order chi connectivity index (χ1) is 14.9. The molecule has 4 N–H and O–H groups in total. The second-order valence-corrected chi connectivity index (χ2v) is 8.15. The third-order valence-electron chi connectivity index (χ3n) is 4.35. The number of benzene rings is 1. The van der Waals surface area contributed by atoms with Crippen molar-refractivity contribution in [1.29, 1.82) is 0 Å². The molecule has 0 aliphatic rings. The molecular formula is C19H16ClN7O3S. The number of aromatic nitrogens is 4. The number of hydrogen-bond donors (Lipinski definition) is 4. The topological polar surface area (TPSA) is 134 Å². The van der Waals surface area contributed by atoms with Crippen LogP contribution < -0.4 is 27.2 Å².